The van der Waals surface area contributed by atoms with Crippen LogP contribution in [0.5, 0.6) is 5.75 Å². The quantitative estimate of drug-likeness (QED) is 0.550. The minimum Gasteiger partial charge on any atom is -0.494 e. The molecule has 0 aliphatic heterocycles. The Balaban J connectivity index is 2.20. The summed E-state index contributed by atoms with van der Waals surface area (Å²) >= 11 is 3.36. The average molecular weight is 281 g/mol. The van der Waals surface area contributed by atoms with Gasteiger partial charge in [-0.3, -0.25) is 12.9 Å². The van der Waals surface area contributed by atoms with Gasteiger partial charge in [0.15, 0.2) is 0 Å². The van der Waals surface area contributed by atoms with Crippen molar-refractivity contribution in [1.82, 2.24) is 0 Å². The van der Waals surface area contributed by atoms with E-state index >= 15 is 0 Å². The van der Waals surface area contributed by atoms with Crippen LogP contribution in [0.2, 0.25) is 0 Å². The van der Waals surface area contributed by atoms with Crippen LogP contribution in [0.3, 0.4) is 0 Å². The molecule has 0 amide bonds. The van der Waals surface area contributed by atoms with Gasteiger partial charge in [0, 0.05) is 0 Å². The van der Waals surface area contributed by atoms with E-state index in [1.165, 1.54) is 29.4 Å². The number of hydrogen-bond acceptors (Lipinski definition) is 1. The number of unbranched alkanes of at least 4 members (excludes halogenated alkanes) is 3. The van der Waals surface area contributed by atoms with Crippen LogP contribution < -0.4 is 8.43 Å². The third kappa shape index (κ3) is 5.78. The van der Waals surface area contributed by atoms with Crippen LogP contribution in [0.25, 0.3) is 0 Å². The lowest BCUT2D eigenvalue weighted by Gasteiger charge is -2.06. The zero-order valence-corrected chi connectivity index (χ0v) is 12.3. The largest absolute Gasteiger partial charge is 0.506 e. The molecule has 80 valence electrons. The van der Waals surface area contributed by atoms with Crippen LogP contribution in [0.15, 0.2) is 24.3 Å². The molecule has 15 heavy (non-hydrogen) atoms. The summed E-state index contributed by atoms with van der Waals surface area (Å²) in [7, 11) is 0. The Kier molecular flexibility index (Phi) is 7.49. The molecule has 0 radical (unpaired) electrons. The second kappa shape index (κ2) is 8.42. The van der Waals surface area contributed by atoms with E-state index in [0.717, 1.165) is 12.4 Å². The molecule has 0 aliphatic rings. The molecule has 0 aromatic heterocycles. The van der Waals surface area contributed by atoms with E-state index < -0.39 is 0 Å². The van der Waals surface area contributed by atoms with Crippen molar-refractivity contribution < 1.29 is 4.74 Å². The van der Waals surface area contributed by atoms with Crippen molar-refractivity contribution >= 4 is 34.8 Å². The molecule has 0 spiro atoms. The molecule has 0 unspecified atom stereocenters. The highest BCUT2D eigenvalue weighted by atomic mass is 79.9. The smallest absolute Gasteiger partial charge is 0.494 e. The Labute approximate surface area is 108 Å². The van der Waals surface area contributed by atoms with Crippen molar-refractivity contribution in [2.75, 3.05) is 6.61 Å². The van der Waals surface area contributed by atoms with Gasteiger partial charge in [-0.2, -0.15) is 3.69 Å². The first-order valence-electron chi connectivity index (χ1n) is 5.64. The number of halogens is 1. The zero-order chi connectivity index (χ0) is 10.9. The maximum atomic E-state index is 5.65. The Morgan fingerprint density at radius 3 is 2.47 bits per heavy atom. The highest BCUT2D eigenvalue weighted by Crippen LogP contribution is 2.09. The van der Waals surface area contributed by atoms with Gasteiger partial charge < -0.3 is 4.74 Å². The second-order valence-electron chi connectivity index (χ2n) is 3.69. The highest BCUT2D eigenvalue weighted by molar-refractivity contribution is 9.23. The van der Waals surface area contributed by atoms with Gasteiger partial charge in [-0.05, 0) is 18.6 Å². The summed E-state index contributed by atoms with van der Waals surface area (Å²) < 4.78 is 7.08. The fourth-order valence-corrected chi connectivity index (χ4v) is 2.93. The monoisotopic (exact) mass is 280 g/mol. The van der Waals surface area contributed by atoms with Gasteiger partial charge in [-0.15, -0.1) is 0 Å². The van der Waals surface area contributed by atoms with Crippen LogP contribution in [0.1, 0.15) is 32.6 Å². The predicted molar refractivity (Wildman–Crippen MR) is 70.4 cm³/mol. The first kappa shape index (κ1) is 13.3. The first-order chi connectivity index (χ1) is 7.36. The third-order valence-corrected chi connectivity index (χ3v) is 5.07. The summed E-state index contributed by atoms with van der Waals surface area (Å²) in [5, 5.41) is 0. The molecule has 0 N–H and O–H groups in total. The summed E-state index contributed by atoms with van der Waals surface area (Å²) in [4.78, 5) is 0. The predicted octanol–water partition coefficient (Wildman–Crippen LogP) is 3.29. The molecule has 3 heteroatoms. The van der Waals surface area contributed by atoms with Gasteiger partial charge >= 0.3 is 18.2 Å². The molecule has 1 aromatic rings. The molecule has 1 rings (SSSR count). The van der Waals surface area contributed by atoms with Crippen molar-refractivity contribution in [2.24, 2.45) is 0 Å². The number of hydrogen-bond donors (Lipinski definition) is 0. The Hall–Kier alpha value is 0.266. The molecule has 0 saturated heterocycles. The van der Waals surface area contributed by atoms with E-state index in [-0.39, 0.29) is 18.2 Å². The van der Waals surface area contributed by atoms with E-state index in [1.54, 1.807) is 0 Å². The molecule has 0 saturated carbocycles. The zero-order valence-electron chi connectivity index (χ0n) is 9.34. The van der Waals surface area contributed by atoms with Gasteiger partial charge in [0.2, 0.25) is 0 Å². The van der Waals surface area contributed by atoms with Crippen molar-refractivity contribution in [3.63, 3.8) is 0 Å². The standard InChI is InChI=1S/C12H17O.BrH.Mg/c1-2-3-4-8-11-13-12-9-6-5-7-10-12;;/h6-7,9-10H,2-4,8,11H2,1H3;1H;/q;;+1/p-1. The van der Waals surface area contributed by atoms with E-state index in [9.17, 15) is 0 Å². The number of ether oxygens (including phenoxy) is 1. The summed E-state index contributed by atoms with van der Waals surface area (Å²) in [5.74, 6) is 1.00. The summed E-state index contributed by atoms with van der Waals surface area (Å²) in [5.41, 5.74) is 0. The lowest BCUT2D eigenvalue weighted by molar-refractivity contribution is 0.305. The molecular weight excluding hydrogens is 264 g/mol. The third-order valence-electron chi connectivity index (χ3n) is 2.34. The molecular formula is C12H17BrMgO. The number of rotatable bonds is 7. The maximum Gasteiger partial charge on any atom is 0.506 e. The molecule has 0 bridgehead atoms. The van der Waals surface area contributed by atoms with Crippen LogP contribution >= 0.6 is 12.9 Å². The van der Waals surface area contributed by atoms with Crippen molar-refractivity contribution in [1.29, 1.82) is 0 Å². The summed E-state index contributed by atoms with van der Waals surface area (Å²) in [6.45, 7) is 3.08. The van der Waals surface area contributed by atoms with Crippen molar-refractivity contribution in [2.45, 2.75) is 32.6 Å². The van der Waals surface area contributed by atoms with Crippen LogP contribution in [-0.2, 0) is 0 Å². The van der Waals surface area contributed by atoms with Gasteiger partial charge in [0.05, 0.1) is 6.61 Å². The molecule has 0 fully saturated rings. The number of benzene rings is 1. The Morgan fingerprint density at radius 2 is 1.87 bits per heavy atom. The topological polar surface area (TPSA) is 9.23 Å². The van der Waals surface area contributed by atoms with Gasteiger partial charge in [0.1, 0.15) is 5.75 Å². The van der Waals surface area contributed by atoms with Gasteiger partial charge in [-0.25, -0.2) is 0 Å². The van der Waals surface area contributed by atoms with E-state index in [0.29, 0.717) is 0 Å². The maximum absolute atomic E-state index is 5.65. The summed E-state index contributed by atoms with van der Waals surface area (Å²) in [6, 6.07) is 8.46. The Morgan fingerprint density at radius 1 is 1.13 bits per heavy atom. The lowest BCUT2D eigenvalue weighted by Crippen LogP contribution is -2.07. The molecule has 0 heterocycles. The first-order valence-corrected chi connectivity index (χ1v) is 10.2. The Bertz CT molecular complexity index is 261. The van der Waals surface area contributed by atoms with Crippen molar-refractivity contribution in [3.8, 4) is 5.75 Å². The van der Waals surface area contributed by atoms with E-state index in [2.05, 4.69) is 44.1 Å². The van der Waals surface area contributed by atoms with Crippen LogP contribution in [0.4, 0.5) is 0 Å². The van der Waals surface area contributed by atoms with E-state index in [4.69, 9.17) is 4.74 Å². The molecule has 1 nitrogen and oxygen atoms in total. The van der Waals surface area contributed by atoms with Crippen LogP contribution in [-0.4, -0.2) is 24.8 Å². The second-order valence-corrected chi connectivity index (χ2v) is 6.45. The van der Waals surface area contributed by atoms with E-state index in [1.807, 2.05) is 0 Å². The summed E-state index contributed by atoms with van der Waals surface area (Å²) in [6.07, 6.45) is 5.05. The van der Waals surface area contributed by atoms with Gasteiger partial charge in [-0.1, -0.05) is 38.3 Å². The highest BCUT2D eigenvalue weighted by Gasteiger charge is 1.96. The minimum atomic E-state index is -0.198. The van der Waals surface area contributed by atoms with Gasteiger partial charge in [0.25, 0.3) is 0 Å². The fraction of sp³-hybridized carbons (Fsp3) is 0.500. The molecule has 0 atom stereocenters. The van der Waals surface area contributed by atoms with Crippen molar-refractivity contribution in [3.05, 3.63) is 24.3 Å². The molecule has 1 aromatic carbocycles. The molecule has 0 aliphatic carbocycles. The normalized spacial score (nSPS) is 9.73. The fourth-order valence-electron chi connectivity index (χ4n) is 1.39. The average Bonchev–Trinajstić information content (AvgIpc) is 2.30. The van der Waals surface area contributed by atoms with Crippen LogP contribution in [0, 0.1) is 0 Å². The lowest BCUT2D eigenvalue weighted by atomic mass is 10.2. The SMILES string of the molecule is CCCCCCOc1cc[c]([Mg][Br])cc1. The minimum absolute atomic E-state index is 0.198.